The summed E-state index contributed by atoms with van der Waals surface area (Å²) in [5.74, 6) is -0.575. The second-order valence-electron chi connectivity index (χ2n) is 5.94. The van der Waals surface area contributed by atoms with Crippen LogP contribution in [0.25, 0.3) is 0 Å². The fourth-order valence-electron chi connectivity index (χ4n) is 2.38. The van der Waals surface area contributed by atoms with E-state index in [0.29, 0.717) is 27.5 Å². The summed E-state index contributed by atoms with van der Waals surface area (Å²) in [7, 11) is 0. The predicted molar refractivity (Wildman–Crippen MR) is 114 cm³/mol. The van der Waals surface area contributed by atoms with Gasteiger partial charge in [0.25, 0.3) is 11.8 Å². The van der Waals surface area contributed by atoms with Gasteiger partial charge in [0.1, 0.15) is 0 Å². The SMILES string of the molecule is O=C(CNc1cccc(C(=O)Nc2ccccc2)c1)N/N=C/c1ccncc1Cl. The molecule has 0 spiro atoms. The summed E-state index contributed by atoms with van der Waals surface area (Å²) < 4.78 is 0. The number of pyridine rings is 1. The number of benzene rings is 2. The molecule has 146 valence electrons. The van der Waals surface area contributed by atoms with Crippen LogP contribution in [0.3, 0.4) is 0 Å². The van der Waals surface area contributed by atoms with Crippen molar-refractivity contribution in [3.05, 3.63) is 89.2 Å². The molecule has 1 heterocycles. The Morgan fingerprint density at radius 3 is 2.62 bits per heavy atom. The molecule has 29 heavy (non-hydrogen) atoms. The number of rotatable bonds is 7. The molecule has 0 saturated heterocycles. The predicted octanol–water partition coefficient (Wildman–Crippen LogP) is 3.55. The lowest BCUT2D eigenvalue weighted by atomic mass is 10.2. The molecule has 1 aromatic heterocycles. The van der Waals surface area contributed by atoms with Crippen LogP contribution in [0, 0.1) is 0 Å². The lowest BCUT2D eigenvalue weighted by molar-refractivity contribution is -0.119. The first-order valence-electron chi connectivity index (χ1n) is 8.73. The smallest absolute Gasteiger partial charge is 0.259 e. The monoisotopic (exact) mass is 407 g/mol. The lowest BCUT2D eigenvalue weighted by Gasteiger charge is -2.08. The molecule has 0 bridgehead atoms. The second-order valence-corrected chi connectivity index (χ2v) is 6.35. The summed E-state index contributed by atoms with van der Waals surface area (Å²) in [5.41, 5.74) is 4.88. The zero-order valence-corrected chi connectivity index (χ0v) is 16.1. The first-order chi connectivity index (χ1) is 14.1. The molecule has 8 heteroatoms. The molecule has 0 saturated carbocycles. The van der Waals surface area contributed by atoms with Crippen molar-refractivity contribution in [1.29, 1.82) is 0 Å². The standard InChI is InChI=1S/C21H18ClN5O2/c22-19-13-23-10-9-16(19)12-25-27-20(28)14-24-18-8-4-5-15(11-18)21(29)26-17-6-2-1-3-7-17/h1-13,24H,14H2,(H,26,29)(H,27,28)/b25-12+. The Labute approximate surface area is 172 Å². The van der Waals surface area contributed by atoms with Crippen LogP contribution in [-0.4, -0.2) is 29.6 Å². The molecule has 0 fully saturated rings. The van der Waals surface area contributed by atoms with E-state index in [1.54, 1.807) is 36.5 Å². The molecule has 3 rings (SSSR count). The molecule has 7 nitrogen and oxygen atoms in total. The molecule has 2 aromatic carbocycles. The average Bonchev–Trinajstić information content (AvgIpc) is 2.74. The Balaban J connectivity index is 1.51. The highest BCUT2D eigenvalue weighted by Gasteiger charge is 2.07. The Bertz CT molecular complexity index is 1020. The van der Waals surface area contributed by atoms with E-state index in [1.807, 2.05) is 30.3 Å². The van der Waals surface area contributed by atoms with Crippen LogP contribution < -0.4 is 16.1 Å². The van der Waals surface area contributed by atoms with Crippen molar-refractivity contribution in [2.45, 2.75) is 0 Å². The highest BCUT2D eigenvalue weighted by Crippen LogP contribution is 2.13. The number of hydrazone groups is 1. The van der Waals surface area contributed by atoms with Crippen molar-refractivity contribution in [3.8, 4) is 0 Å². The maximum absolute atomic E-state index is 12.4. The quantitative estimate of drug-likeness (QED) is 0.412. The first-order valence-corrected chi connectivity index (χ1v) is 9.11. The van der Waals surface area contributed by atoms with E-state index in [0.717, 1.165) is 0 Å². The van der Waals surface area contributed by atoms with Gasteiger partial charge in [0, 0.05) is 34.9 Å². The minimum Gasteiger partial charge on any atom is -0.376 e. The highest BCUT2D eigenvalue weighted by molar-refractivity contribution is 6.32. The van der Waals surface area contributed by atoms with Gasteiger partial charge in [-0.2, -0.15) is 5.10 Å². The molecule has 2 amide bonds. The van der Waals surface area contributed by atoms with Gasteiger partial charge in [-0.1, -0.05) is 35.9 Å². The van der Waals surface area contributed by atoms with Gasteiger partial charge in [-0.25, -0.2) is 5.43 Å². The summed E-state index contributed by atoms with van der Waals surface area (Å²) in [4.78, 5) is 28.2. The Kier molecular flexibility index (Phi) is 6.91. The summed E-state index contributed by atoms with van der Waals surface area (Å²) in [6.07, 6.45) is 4.52. The van der Waals surface area contributed by atoms with E-state index >= 15 is 0 Å². The van der Waals surface area contributed by atoms with Gasteiger partial charge < -0.3 is 10.6 Å². The molecule has 0 unspecified atom stereocenters. The van der Waals surface area contributed by atoms with Crippen molar-refractivity contribution in [2.75, 3.05) is 17.2 Å². The maximum Gasteiger partial charge on any atom is 0.259 e. The summed E-state index contributed by atoms with van der Waals surface area (Å²) in [6, 6.07) is 17.7. The molecule has 3 N–H and O–H groups in total. The van der Waals surface area contributed by atoms with Crippen LogP contribution >= 0.6 is 11.6 Å². The number of halogens is 1. The van der Waals surface area contributed by atoms with Crippen molar-refractivity contribution in [1.82, 2.24) is 10.4 Å². The fraction of sp³-hybridized carbons (Fsp3) is 0.0476. The maximum atomic E-state index is 12.4. The first kappa shape index (κ1) is 20.0. The topological polar surface area (TPSA) is 95.5 Å². The second kappa shape index (κ2) is 10.0. The van der Waals surface area contributed by atoms with Crippen molar-refractivity contribution >= 4 is 41.0 Å². The summed E-state index contributed by atoms with van der Waals surface area (Å²) in [5, 5.41) is 10.1. The third-order valence-electron chi connectivity index (χ3n) is 3.81. The van der Waals surface area contributed by atoms with E-state index < -0.39 is 0 Å². The number of carbonyl (C=O) groups excluding carboxylic acids is 2. The van der Waals surface area contributed by atoms with Crippen LogP contribution in [0.5, 0.6) is 0 Å². The normalized spacial score (nSPS) is 10.5. The zero-order chi connectivity index (χ0) is 20.5. The number of para-hydroxylation sites is 1. The molecule has 0 aliphatic heterocycles. The third-order valence-corrected chi connectivity index (χ3v) is 4.12. The molecule has 0 atom stereocenters. The van der Waals surface area contributed by atoms with E-state index in [-0.39, 0.29) is 18.4 Å². The minimum atomic E-state index is -0.342. The van der Waals surface area contributed by atoms with Gasteiger partial charge in [0.15, 0.2) is 0 Å². The molecule has 0 aliphatic carbocycles. The van der Waals surface area contributed by atoms with E-state index in [4.69, 9.17) is 11.6 Å². The number of amides is 2. The Morgan fingerprint density at radius 2 is 1.83 bits per heavy atom. The van der Waals surface area contributed by atoms with E-state index in [2.05, 4.69) is 26.1 Å². The number of aromatic nitrogens is 1. The van der Waals surface area contributed by atoms with Gasteiger partial charge in [-0.3, -0.25) is 14.6 Å². The third kappa shape index (κ3) is 6.15. The molecule has 0 radical (unpaired) electrons. The van der Waals surface area contributed by atoms with Gasteiger partial charge in [0.2, 0.25) is 0 Å². The summed E-state index contributed by atoms with van der Waals surface area (Å²) in [6.45, 7) is -0.00875. The van der Waals surface area contributed by atoms with Crippen LogP contribution in [0.4, 0.5) is 11.4 Å². The highest BCUT2D eigenvalue weighted by atomic mass is 35.5. The summed E-state index contributed by atoms with van der Waals surface area (Å²) >= 11 is 5.96. The minimum absolute atomic E-state index is 0.00875. The Hall–Kier alpha value is -3.71. The van der Waals surface area contributed by atoms with Crippen LogP contribution in [0.1, 0.15) is 15.9 Å². The van der Waals surface area contributed by atoms with E-state index in [9.17, 15) is 9.59 Å². The van der Waals surface area contributed by atoms with Gasteiger partial charge in [0.05, 0.1) is 17.8 Å². The van der Waals surface area contributed by atoms with Gasteiger partial charge in [-0.05, 0) is 36.4 Å². The molecule has 0 aliphatic rings. The van der Waals surface area contributed by atoms with Crippen LogP contribution in [0.2, 0.25) is 5.02 Å². The lowest BCUT2D eigenvalue weighted by Crippen LogP contribution is -2.26. The number of anilines is 2. The Morgan fingerprint density at radius 1 is 1.03 bits per heavy atom. The number of carbonyl (C=O) groups is 2. The van der Waals surface area contributed by atoms with Crippen molar-refractivity contribution in [2.24, 2.45) is 5.10 Å². The fourth-order valence-corrected chi connectivity index (χ4v) is 2.55. The number of hydrogen-bond acceptors (Lipinski definition) is 5. The van der Waals surface area contributed by atoms with Crippen LogP contribution in [0.15, 0.2) is 78.2 Å². The average molecular weight is 408 g/mol. The van der Waals surface area contributed by atoms with E-state index in [1.165, 1.54) is 12.4 Å². The van der Waals surface area contributed by atoms with Gasteiger partial charge in [-0.15, -0.1) is 0 Å². The van der Waals surface area contributed by atoms with Crippen molar-refractivity contribution in [3.63, 3.8) is 0 Å². The molecular weight excluding hydrogens is 390 g/mol. The largest absolute Gasteiger partial charge is 0.376 e. The van der Waals surface area contributed by atoms with Crippen LogP contribution in [-0.2, 0) is 4.79 Å². The number of nitrogens with zero attached hydrogens (tertiary/aromatic N) is 2. The number of hydrogen-bond donors (Lipinski definition) is 3. The molecule has 3 aromatic rings. The molecular formula is C21H18ClN5O2. The zero-order valence-electron chi connectivity index (χ0n) is 15.3. The van der Waals surface area contributed by atoms with Crippen molar-refractivity contribution < 1.29 is 9.59 Å². The number of nitrogens with one attached hydrogen (secondary N) is 3. The van der Waals surface area contributed by atoms with Gasteiger partial charge >= 0.3 is 0 Å².